The van der Waals surface area contributed by atoms with E-state index in [9.17, 15) is 9.59 Å². The number of hydrogen-bond acceptors (Lipinski definition) is 4. The molecule has 0 aromatic heterocycles. The van der Waals surface area contributed by atoms with E-state index in [1.54, 1.807) is 24.3 Å². The number of carbonyl (C=O) groups excluding carboxylic acids is 2. The fourth-order valence-corrected chi connectivity index (χ4v) is 4.59. The van der Waals surface area contributed by atoms with Crippen molar-refractivity contribution in [2.75, 3.05) is 0 Å². The first-order valence-corrected chi connectivity index (χ1v) is 12.4. The molecule has 1 saturated carbocycles. The van der Waals surface area contributed by atoms with Crippen molar-refractivity contribution in [1.82, 2.24) is 0 Å². The smallest absolute Gasteiger partial charge is 0.343 e. The van der Waals surface area contributed by atoms with Crippen LogP contribution in [-0.4, -0.2) is 11.9 Å². The second kappa shape index (κ2) is 11.6. The zero-order valence-electron chi connectivity index (χ0n) is 19.8. The first kappa shape index (κ1) is 23.7. The third-order valence-electron chi connectivity index (χ3n) is 6.48. The van der Waals surface area contributed by atoms with E-state index in [0.29, 0.717) is 22.6 Å². The number of carbonyl (C=O) groups is 2. The van der Waals surface area contributed by atoms with E-state index >= 15 is 0 Å². The van der Waals surface area contributed by atoms with Crippen molar-refractivity contribution in [3.63, 3.8) is 0 Å². The highest BCUT2D eigenvalue weighted by atomic mass is 16.6. The summed E-state index contributed by atoms with van der Waals surface area (Å²) in [7, 11) is 0. The first-order valence-electron chi connectivity index (χ1n) is 12.4. The normalized spacial score (nSPS) is 13.9. The molecule has 0 atom stereocenters. The minimum Gasteiger partial charge on any atom is -0.419 e. The van der Waals surface area contributed by atoms with Crippen molar-refractivity contribution >= 4 is 11.9 Å². The van der Waals surface area contributed by atoms with Gasteiger partial charge in [0.25, 0.3) is 0 Å². The van der Waals surface area contributed by atoms with Crippen molar-refractivity contribution in [3.05, 3.63) is 95.1 Å². The maximum absolute atomic E-state index is 13.1. The fourth-order valence-electron chi connectivity index (χ4n) is 4.59. The van der Waals surface area contributed by atoms with Gasteiger partial charge in [-0.25, -0.2) is 9.59 Å². The van der Waals surface area contributed by atoms with Gasteiger partial charge in [0.05, 0.1) is 11.1 Å². The third kappa shape index (κ3) is 5.74. The van der Waals surface area contributed by atoms with Crippen molar-refractivity contribution in [1.29, 1.82) is 0 Å². The molecule has 1 aliphatic carbocycles. The summed E-state index contributed by atoms with van der Waals surface area (Å²) in [5.41, 5.74) is 2.78. The van der Waals surface area contributed by atoms with E-state index in [-0.39, 0.29) is 5.92 Å². The molecule has 3 aromatic rings. The quantitative estimate of drug-likeness (QED) is 0.260. The number of ether oxygens (including phenoxy) is 2. The van der Waals surface area contributed by atoms with E-state index in [0.717, 1.165) is 56.1 Å². The summed E-state index contributed by atoms with van der Waals surface area (Å²) in [4.78, 5) is 26.2. The summed E-state index contributed by atoms with van der Waals surface area (Å²) in [5, 5.41) is 0. The van der Waals surface area contributed by atoms with Gasteiger partial charge in [0.15, 0.2) is 11.5 Å². The van der Waals surface area contributed by atoms with Crippen LogP contribution in [-0.2, 0) is 6.42 Å². The van der Waals surface area contributed by atoms with Gasteiger partial charge in [0.1, 0.15) is 0 Å². The Balaban J connectivity index is 1.78. The minimum atomic E-state index is -0.448. The molecule has 1 aliphatic rings. The monoisotopic (exact) mass is 456 g/mol. The second-order valence-corrected chi connectivity index (χ2v) is 8.92. The Bertz CT molecular complexity index is 1100. The molecule has 0 radical (unpaired) electrons. The largest absolute Gasteiger partial charge is 0.419 e. The summed E-state index contributed by atoms with van der Waals surface area (Å²) in [6.07, 6.45) is 8.29. The maximum atomic E-state index is 13.1. The van der Waals surface area contributed by atoms with Crippen molar-refractivity contribution in [2.45, 2.75) is 64.2 Å². The van der Waals surface area contributed by atoms with E-state index in [2.05, 4.69) is 13.0 Å². The van der Waals surface area contributed by atoms with Gasteiger partial charge in [-0.3, -0.25) is 0 Å². The molecule has 0 aliphatic heterocycles. The Morgan fingerprint density at radius 1 is 0.735 bits per heavy atom. The maximum Gasteiger partial charge on any atom is 0.343 e. The van der Waals surface area contributed by atoms with Crippen LogP contribution in [0.15, 0.2) is 72.8 Å². The Kier molecular flexibility index (Phi) is 8.13. The standard InChI is InChI=1S/C30H32O4/c1-2-3-13-23-20-21-26(22-14-7-4-8-15-22)28(34-30(32)25-18-11-6-12-19-25)27(23)33-29(31)24-16-9-5-10-17-24/h5-6,9-12,16-22H,2-4,7-8,13-15H2,1H3. The molecule has 1 fully saturated rings. The van der Waals surface area contributed by atoms with Gasteiger partial charge in [0, 0.05) is 5.56 Å². The average molecular weight is 457 g/mol. The van der Waals surface area contributed by atoms with E-state index in [4.69, 9.17) is 9.47 Å². The Labute approximate surface area is 201 Å². The molecule has 4 heteroatoms. The van der Waals surface area contributed by atoms with Crippen LogP contribution < -0.4 is 9.47 Å². The molecule has 0 unspecified atom stereocenters. The van der Waals surface area contributed by atoms with Crippen molar-refractivity contribution < 1.29 is 19.1 Å². The molecular weight excluding hydrogens is 424 g/mol. The highest BCUT2D eigenvalue weighted by Crippen LogP contribution is 2.44. The molecule has 0 saturated heterocycles. The van der Waals surface area contributed by atoms with Gasteiger partial charge in [-0.05, 0) is 61.4 Å². The molecule has 0 heterocycles. The second-order valence-electron chi connectivity index (χ2n) is 8.92. The number of esters is 2. The number of benzene rings is 3. The highest BCUT2D eigenvalue weighted by Gasteiger charge is 2.27. The van der Waals surface area contributed by atoms with Crippen molar-refractivity contribution in [2.24, 2.45) is 0 Å². The number of hydrogen-bond donors (Lipinski definition) is 0. The highest BCUT2D eigenvalue weighted by molar-refractivity contribution is 5.93. The lowest BCUT2D eigenvalue weighted by molar-refractivity contribution is 0.0678. The van der Waals surface area contributed by atoms with Gasteiger partial charge in [-0.15, -0.1) is 0 Å². The fraction of sp³-hybridized carbons (Fsp3) is 0.333. The zero-order chi connectivity index (χ0) is 23.8. The van der Waals surface area contributed by atoms with Gasteiger partial charge in [-0.1, -0.05) is 81.1 Å². The molecule has 3 aromatic carbocycles. The van der Waals surface area contributed by atoms with Crippen LogP contribution in [0.3, 0.4) is 0 Å². The van der Waals surface area contributed by atoms with Crippen LogP contribution in [0.1, 0.15) is 89.6 Å². The summed E-state index contributed by atoms with van der Waals surface area (Å²) in [6, 6.07) is 22.0. The lowest BCUT2D eigenvalue weighted by Crippen LogP contribution is -2.17. The lowest BCUT2D eigenvalue weighted by Gasteiger charge is -2.26. The molecule has 0 N–H and O–H groups in total. The number of rotatable bonds is 8. The van der Waals surface area contributed by atoms with Gasteiger partial charge >= 0.3 is 11.9 Å². The molecule has 176 valence electrons. The number of aryl methyl sites for hydroxylation is 1. The van der Waals surface area contributed by atoms with Crippen molar-refractivity contribution in [3.8, 4) is 11.5 Å². The Morgan fingerprint density at radius 2 is 1.29 bits per heavy atom. The zero-order valence-corrected chi connectivity index (χ0v) is 19.8. The van der Waals surface area contributed by atoms with E-state index in [1.807, 2.05) is 42.5 Å². The molecular formula is C30H32O4. The molecule has 0 bridgehead atoms. The average Bonchev–Trinajstić information content (AvgIpc) is 2.90. The molecule has 0 spiro atoms. The molecule has 34 heavy (non-hydrogen) atoms. The van der Waals surface area contributed by atoms with Crippen LogP contribution in [0.5, 0.6) is 11.5 Å². The summed E-state index contributed by atoms with van der Waals surface area (Å²) in [5.74, 6) is 0.175. The molecule has 0 amide bonds. The summed E-state index contributed by atoms with van der Waals surface area (Å²) < 4.78 is 12.1. The molecule has 4 nitrogen and oxygen atoms in total. The van der Waals surface area contributed by atoms with Gasteiger partial charge in [-0.2, -0.15) is 0 Å². The van der Waals surface area contributed by atoms with E-state index < -0.39 is 11.9 Å². The molecule has 4 rings (SSSR count). The number of unbranched alkanes of at least 4 members (excludes halogenated alkanes) is 1. The predicted octanol–water partition coefficient (Wildman–Crippen LogP) is 7.52. The van der Waals surface area contributed by atoms with Crippen LogP contribution in [0.2, 0.25) is 0 Å². The first-order chi connectivity index (χ1) is 16.7. The topological polar surface area (TPSA) is 52.6 Å². The van der Waals surface area contributed by atoms with Crippen LogP contribution in [0, 0.1) is 0 Å². The SMILES string of the molecule is CCCCc1ccc(C2CCCCC2)c(OC(=O)c2ccccc2)c1OC(=O)c1ccccc1. The Morgan fingerprint density at radius 3 is 1.85 bits per heavy atom. The van der Waals surface area contributed by atoms with Gasteiger partial charge in [0.2, 0.25) is 0 Å². The van der Waals surface area contributed by atoms with Crippen LogP contribution in [0.4, 0.5) is 0 Å². The predicted molar refractivity (Wildman–Crippen MR) is 134 cm³/mol. The minimum absolute atomic E-state index is 0.279. The summed E-state index contributed by atoms with van der Waals surface area (Å²) >= 11 is 0. The van der Waals surface area contributed by atoms with E-state index in [1.165, 1.54) is 6.42 Å². The summed E-state index contributed by atoms with van der Waals surface area (Å²) in [6.45, 7) is 2.13. The van der Waals surface area contributed by atoms with Gasteiger partial charge < -0.3 is 9.47 Å². The lowest BCUT2D eigenvalue weighted by atomic mass is 9.83. The Hall–Kier alpha value is -3.40. The van der Waals surface area contributed by atoms with Crippen LogP contribution in [0.25, 0.3) is 0 Å². The van der Waals surface area contributed by atoms with Crippen LogP contribution >= 0.6 is 0 Å². The third-order valence-corrected chi connectivity index (χ3v) is 6.48.